The summed E-state index contributed by atoms with van der Waals surface area (Å²) in [5.41, 5.74) is 2.67. The van der Waals surface area contributed by atoms with Gasteiger partial charge >= 0.3 is 12.1 Å². The standard InChI is InChI=1S/C26H31N3O4/c1-16(2)13-21-22-26(14-20(27-22)23(30)32-3)18-11-7-8-12-19(18)28-24(26)29(21)25(31)33-15-17-9-5-4-6-10-17/h4-12,16,20-22,24,27-28H,13-15H2,1-3H3/t20-,21-,22-,24-,26+/m0/s1. The Bertz CT molecular complexity index is 1040. The van der Waals surface area contributed by atoms with E-state index >= 15 is 0 Å². The number of rotatable bonds is 5. The molecule has 0 aromatic heterocycles. The number of fused-ring (bicyclic) bond motifs is 1. The third kappa shape index (κ3) is 3.46. The molecule has 1 amide bonds. The van der Waals surface area contributed by atoms with Gasteiger partial charge in [-0.25, -0.2) is 4.79 Å². The predicted octanol–water partition coefficient (Wildman–Crippen LogP) is 3.65. The topological polar surface area (TPSA) is 79.9 Å². The van der Waals surface area contributed by atoms with Gasteiger partial charge in [0.25, 0.3) is 0 Å². The van der Waals surface area contributed by atoms with E-state index in [4.69, 9.17) is 9.47 Å². The molecule has 0 radical (unpaired) electrons. The van der Waals surface area contributed by atoms with Crippen LogP contribution in [0.3, 0.4) is 0 Å². The van der Waals surface area contributed by atoms with Gasteiger partial charge in [-0.3, -0.25) is 15.0 Å². The molecule has 33 heavy (non-hydrogen) atoms. The normalized spacial score (nSPS) is 29.3. The molecule has 7 heteroatoms. The summed E-state index contributed by atoms with van der Waals surface area (Å²) < 4.78 is 10.9. The molecule has 0 aliphatic carbocycles. The van der Waals surface area contributed by atoms with Gasteiger partial charge in [0.2, 0.25) is 0 Å². The summed E-state index contributed by atoms with van der Waals surface area (Å²) in [6, 6.07) is 17.3. The molecule has 0 saturated carbocycles. The number of nitrogens with one attached hydrogen (secondary N) is 2. The zero-order valence-corrected chi connectivity index (χ0v) is 19.3. The summed E-state index contributed by atoms with van der Waals surface area (Å²) in [5.74, 6) is 0.105. The Hall–Kier alpha value is -3.06. The Morgan fingerprint density at radius 3 is 2.58 bits per heavy atom. The number of hydrogen-bond acceptors (Lipinski definition) is 6. The van der Waals surface area contributed by atoms with Crippen LogP contribution in [0.1, 0.15) is 37.8 Å². The molecular formula is C26H31N3O4. The van der Waals surface area contributed by atoms with Gasteiger partial charge in [0, 0.05) is 11.7 Å². The molecular weight excluding hydrogens is 418 g/mol. The van der Waals surface area contributed by atoms with E-state index in [1.54, 1.807) is 0 Å². The minimum atomic E-state index is -0.430. The van der Waals surface area contributed by atoms with Crippen LogP contribution in [0.15, 0.2) is 54.6 Å². The van der Waals surface area contributed by atoms with Gasteiger partial charge in [0.05, 0.1) is 18.6 Å². The Morgan fingerprint density at radius 1 is 1.12 bits per heavy atom. The molecule has 2 fully saturated rings. The first-order valence-corrected chi connectivity index (χ1v) is 11.6. The molecule has 2 saturated heterocycles. The molecule has 1 spiro atoms. The van der Waals surface area contributed by atoms with Crippen LogP contribution in [0.4, 0.5) is 10.5 Å². The maximum absolute atomic E-state index is 13.5. The number of methoxy groups -OCH3 is 1. The largest absolute Gasteiger partial charge is 0.468 e. The van der Waals surface area contributed by atoms with E-state index in [1.165, 1.54) is 7.11 Å². The number of hydrogen-bond donors (Lipinski definition) is 2. The fourth-order valence-corrected chi connectivity index (χ4v) is 6.07. The lowest BCUT2D eigenvalue weighted by molar-refractivity contribution is -0.142. The highest BCUT2D eigenvalue weighted by Gasteiger charge is 2.69. The van der Waals surface area contributed by atoms with Crippen molar-refractivity contribution in [1.82, 2.24) is 10.2 Å². The van der Waals surface area contributed by atoms with Crippen LogP contribution in [0.2, 0.25) is 0 Å². The molecule has 174 valence electrons. The second kappa shape index (κ2) is 8.37. The van der Waals surface area contributed by atoms with Gasteiger partial charge in [0.1, 0.15) is 18.8 Å². The minimum absolute atomic E-state index is 0.0885. The first-order chi connectivity index (χ1) is 16.0. The van der Waals surface area contributed by atoms with Crippen LogP contribution in [0.25, 0.3) is 0 Å². The number of ether oxygens (including phenoxy) is 2. The fourth-order valence-electron chi connectivity index (χ4n) is 6.07. The van der Waals surface area contributed by atoms with Crippen LogP contribution in [-0.2, 0) is 26.3 Å². The molecule has 3 heterocycles. The van der Waals surface area contributed by atoms with E-state index in [0.29, 0.717) is 12.3 Å². The van der Waals surface area contributed by atoms with Gasteiger partial charge in [0.15, 0.2) is 0 Å². The lowest BCUT2D eigenvalue weighted by Crippen LogP contribution is -2.51. The highest BCUT2D eigenvalue weighted by Crippen LogP contribution is 2.57. The Kier molecular flexibility index (Phi) is 5.52. The molecule has 5 atom stereocenters. The average Bonchev–Trinajstić information content (AvgIpc) is 3.43. The monoisotopic (exact) mass is 449 g/mol. The number of nitrogens with zero attached hydrogens (tertiary/aromatic N) is 1. The summed E-state index contributed by atoms with van der Waals surface area (Å²) in [7, 11) is 1.42. The number of esters is 1. The van der Waals surface area contributed by atoms with Gasteiger partial charge < -0.3 is 14.8 Å². The molecule has 0 bridgehead atoms. The third-order valence-corrected chi connectivity index (χ3v) is 7.32. The number of likely N-dealkylation sites (tertiary alicyclic amines) is 1. The van der Waals surface area contributed by atoms with E-state index in [1.807, 2.05) is 53.4 Å². The van der Waals surface area contributed by atoms with Crippen molar-refractivity contribution in [2.45, 2.75) is 63.0 Å². The zero-order chi connectivity index (χ0) is 23.2. The van der Waals surface area contributed by atoms with Gasteiger partial charge in [-0.05, 0) is 36.0 Å². The van der Waals surface area contributed by atoms with Crippen molar-refractivity contribution in [1.29, 1.82) is 0 Å². The van der Waals surface area contributed by atoms with Crippen molar-refractivity contribution in [3.05, 3.63) is 65.7 Å². The molecule has 7 nitrogen and oxygen atoms in total. The molecule has 2 aromatic rings. The number of amides is 1. The highest BCUT2D eigenvalue weighted by atomic mass is 16.6. The molecule has 2 N–H and O–H groups in total. The maximum atomic E-state index is 13.5. The first kappa shape index (κ1) is 21.8. The van der Waals surface area contributed by atoms with Gasteiger partial charge in [-0.1, -0.05) is 62.4 Å². The van der Waals surface area contributed by atoms with Crippen molar-refractivity contribution in [2.24, 2.45) is 5.92 Å². The van der Waals surface area contributed by atoms with Crippen molar-refractivity contribution in [3.63, 3.8) is 0 Å². The SMILES string of the molecule is COC(=O)[C@@H]1C[C@]23c4ccccc4N[C@H]2N(C(=O)OCc2ccccc2)[C@@H](CC(C)C)[C@@H]3N1. The maximum Gasteiger partial charge on any atom is 0.412 e. The number of para-hydroxylation sites is 1. The summed E-state index contributed by atoms with van der Waals surface area (Å²) in [4.78, 5) is 28.0. The zero-order valence-electron chi connectivity index (χ0n) is 19.3. The van der Waals surface area contributed by atoms with E-state index < -0.39 is 11.5 Å². The highest BCUT2D eigenvalue weighted by molar-refractivity contribution is 5.80. The van der Waals surface area contributed by atoms with Crippen molar-refractivity contribution >= 4 is 17.7 Å². The van der Waals surface area contributed by atoms with Crippen LogP contribution >= 0.6 is 0 Å². The smallest absolute Gasteiger partial charge is 0.412 e. The van der Waals surface area contributed by atoms with Crippen molar-refractivity contribution in [3.8, 4) is 0 Å². The Morgan fingerprint density at radius 2 is 1.85 bits per heavy atom. The Labute approximate surface area is 194 Å². The second-order valence-electron chi connectivity index (χ2n) is 9.70. The molecule has 3 aliphatic heterocycles. The van der Waals surface area contributed by atoms with E-state index in [9.17, 15) is 9.59 Å². The van der Waals surface area contributed by atoms with Crippen molar-refractivity contribution < 1.29 is 19.1 Å². The summed E-state index contributed by atoms with van der Waals surface area (Å²) in [6.07, 6.45) is 0.735. The van der Waals surface area contributed by atoms with Crippen molar-refractivity contribution in [2.75, 3.05) is 12.4 Å². The summed E-state index contributed by atoms with van der Waals surface area (Å²) in [6.45, 7) is 4.53. The number of benzene rings is 2. The second-order valence-corrected chi connectivity index (χ2v) is 9.70. The quantitative estimate of drug-likeness (QED) is 0.679. The molecule has 5 rings (SSSR count). The first-order valence-electron chi connectivity index (χ1n) is 11.6. The van der Waals surface area contributed by atoms with Crippen LogP contribution in [0.5, 0.6) is 0 Å². The molecule has 2 aromatic carbocycles. The van der Waals surface area contributed by atoms with E-state index in [0.717, 1.165) is 23.2 Å². The van der Waals surface area contributed by atoms with Crippen LogP contribution in [0, 0.1) is 5.92 Å². The van der Waals surface area contributed by atoms with Gasteiger partial charge in [-0.2, -0.15) is 0 Å². The Balaban J connectivity index is 1.51. The lowest BCUT2D eigenvalue weighted by Gasteiger charge is -2.33. The van der Waals surface area contributed by atoms with Gasteiger partial charge in [-0.15, -0.1) is 0 Å². The summed E-state index contributed by atoms with van der Waals surface area (Å²) >= 11 is 0. The molecule has 3 aliphatic rings. The predicted molar refractivity (Wildman–Crippen MR) is 125 cm³/mol. The minimum Gasteiger partial charge on any atom is -0.468 e. The number of carbonyl (C=O) groups excluding carboxylic acids is 2. The average molecular weight is 450 g/mol. The fraction of sp³-hybridized carbons (Fsp3) is 0.462. The summed E-state index contributed by atoms with van der Waals surface area (Å²) in [5, 5.41) is 7.16. The van der Waals surface area contributed by atoms with E-state index in [-0.39, 0.29) is 36.9 Å². The van der Waals surface area contributed by atoms with Crippen LogP contribution in [-0.4, -0.2) is 48.4 Å². The van der Waals surface area contributed by atoms with E-state index in [2.05, 4.69) is 30.5 Å². The number of carbonyl (C=O) groups is 2. The lowest BCUT2D eigenvalue weighted by atomic mass is 9.73. The third-order valence-electron chi connectivity index (χ3n) is 7.32. The number of anilines is 1. The molecule has 0 unspecified atom stereocenters. The van der Waals surface area contributed by atoms with Crippen LogP contribution < -0.4 is 10.6 Å².